The Labute approximate surface area is 198 Å². The lowest BCUT2D eigenvalue weighted by molar-refractivity contribution is -0.142. The first kappa shape index (κ1) is 22.1. The molecule has 2 heterocycles. The van der Waals surface area contributed by atoms with E-state index in [1.807, 2.05) is 48.5 Å². The molecule has 1 aliphatic heterocycles. The van der Waals surface area contributed by atoms with Gasteiger partial charge in [-0.25, -0.2) is 4.79 Å². The van der Waals surface area contributed by atoms with Crippen LogP contribution < -0.4 is 16.0 Å². The Bertz CT molecular complexity index is 1290. The summed E-state index contributed by atoms with van der Waals surface area (Å²) in [5, 5.41) is 19.8. The van der Waals surface area contributed by atoms with Gasteiger partial charge in [0.1, 0.15) is 18.6 Å². The second kappa shape index (κ2) is 8.93. The summed E-state index contributed by atoms with van der Waals surface area (Å²) in [5.41, 5.74) is 4.10. The number of aromatic nitrogens is 1. The van der Waals surface area contributed by atoms with Crippen molar-refractivity contribution in [1.29, 1.82) is 0 Å². The molecule has 11 nitrogen and oxygen atoms in total. The van der Waals surface area contributed by atoms with Gasteiger partial charge in [0, 0.05) is 18.5 Å². The quantitative estimate of drug-likeness (QED) is 0.420. The summed E-state index contributed by atoms with van der Waals surface area (Å²) >= 11 is 0. The molecule has 2 aliphatic rings. The van der Waals surface area contributed by atoms with Gasteiger partial charge in [0.15, 0.2) is 5.69 Å². The van der Waals surface area contributed by atoms with Gasteiger partial charge >= 0.3 is 12.1 Å². The molecule has 35 heavy (non-hydrogen) atoms. The maximum Gasteiger partial charge on any atom is 0.414 e. The van der Waals surface area contributed by atoms with Gasteiger partial charge in [-0.05, 0) is 22.3 Å². The minimum atomic E-state index is -1.24. The van der Waals surface area contributed by atoms with Gasteiger partial charge < -0.3 is 25.0 Å². The van der Waals surface area contributed by atoms with Crippen molar-refractivity contribution in [2.75, 3.05) is 18.5 Å². The molecular weight excluding hydrogens is 456 g/mol. The number of rotatable bonds is 6. The number of carboxylic acids is 1. The summed E-state index contributed by atoms with van der Waals surface area (Å²) in [6, 6.07) is 15.8. The highest BCUT2D eigenvalue weighted by atomic mass is 16.6. The Kier molecular flexibility index (Phi) is 5.65. The molecular formula is C24H20N4O7. The summed E-state index contributed by atoms with van der Waals surface area (Å²) in [6.07, 6.45) is -0.795. The Hall–Kier alpha value is -4.67. The van der Waals surface area contributed by atoms with E-state index in [0.717, 1.165) is 28.3 Å². The van der Waals surface area contributed by atoms with Gasteiger partial charge in [0.2, 0.25) is 11.8 Å². The average molecular weight is 476 g/mol. The second-order valence-corrected chi connectivity index (χ2v) is 8.17. The Balaban J connectivity index is 1.20. The molecule has 1 fully saturated rings. The van der Waals surface area contributed by atoms with E-state index in [-0.39, 0.29) is 30.6 Å². The second-order valence-electron chi connectivity index (χ2n) is 8.17. The monoisotopic (exact) mass is 476 g/mol. The van der Waals surface area contributed by atoms with Crippen molar-refractivity contribution in [3.8, 4) is 11.1 Å². The minimum Gasteiger partial charge on any atom is -0.481 e. The summed E-state index contributed by atoms with van der Waals surface area (Å²) < 4.78 is 10.4. The highest BCUT2D eigenvalue weighted by Crippen LogP contribution is 2.44. The summed E-state index contributed by atoms with van der Waals surface area (Å²) in [5.74, 6) is -4.00. The average Bonchev–Trinajstić information content (AvgIpc) is 3.54. The van der Waals surface area contributed by atoms with Crippen LogP contribution in [0, 0.1) is 5.92 Å². The number of nitrogens with one attached hydrogen (secondary N) is 3. The lowest BCUT2D eigenvalue weighted by atomic mass is 9.98. The number of nitrogens with zero attached hydrogens (tertiary/aromatic N) is 1. The zero-order valence-electron chi connectivity index (χ0n) is 18.2. The van der Waals surface area contributed by atoms with Crippen LogP contribution >= 0.6 is 0 Å². The summed E-state index contributed by atoms with van der Waals surface area (Å²) in [4.78, 5) is 47.9. The van der Waals surface area contributed by atoms with Crippen LogP contribution in [0.25, 0.3) is 11.1 Å². The van der Waals surface area contributed by atoms with Crippen LogP contribution in [-0.4, -0.2) is 53.3 Å². The molecule has 11 heteroatoms. The van der Waals surface area contributed by atoms with E-state index in [1.165, 1.54) is 0 Å². The molecule has 2 atom stereocenters. The number of carboxylic acid groups (broad SMARTS) is 1. The highest BCUT2D eigenvalue weighted by Gasteiger charge is 2.41. The van der Waals surface area contributed by atoms with Crippen LogP contribution in [0.4, 0.5) is 10.7 Å². The third-order valence-corrected chi connectivity index (χ3v) is 6.10. The van der Waals surface area contributed by atoms with Gasteiger partial charge in [0.05, 0.1) is 0 Å². The van der Waals surface area contributed by atoms with Crippen molar-refractivity contribution in [2.45, 2.75) is 12.0 Å². The molecule has 4 N–H and O–H groups in total. The van der Waals surface area contributed by atoms with E-state index in [0.29, 0.717) is 0 Å². The highest BCUT2D eigenvalue weighted by molar-refractivity contribution is 5.99. The predicted octanol–water partition coefficient (Wildman–Crippen LogP) is 1.96. The van der Waals surface area contributed by atoms with E-state index in [9.17, 15) is 24.3 Å². The van der Waals surface area contributed by atoms with E-state index in [1.54, 1.807) is 0 Å². The zero-order valence-corrected chi connectivity index (χ0v) is 18.2. The predicted molar refractivity (Wildman–Crippen MR) is 121 cm³/mol. The largest absolute Gasteiger partial charge is 0.481 e. The van der Waals surface area contributed by atoms with Crippen molar-refractivity contribution in [1.82, 2.24) is 15.8 Å². The number of aliphatic carboxylic acids is 1. The van der Waals surface area contributed by atoms with Gasteiger partial charge in [-0.15, -0.1) is 0 Å². The number of hydrogen-bond donors (Lipinski definition) is 4. The number of hydrogen-bond acceptors (Lipinski definition) is 7. The van der Waals surface area contributed by atoms with Crippen molar-refractivity contribution in [3.05, 3.63) is 71.4 Å². The van der Waals surface area contributed by atoms with Crippen molar-refractivity contribution < 1.29 is 33.5 Å². The SMILES string of the molecule is O=C(Nc1cc(C(=O)NC2C(=O)NCC2C(=O)O)no1)OCC1c2ccccc2-c2ccccc21. The number of amides is 3. The molecule has 5 rings (SSSR count). The van der Waals surface area contributed by atoms with E-state index in [4.69, 9.17) is 9.26 Å². The first-order chi connectivity index (χ1) is 16.9. The molecule has 2 aromatic carbocycles. The number of anilines is 1. The normalized spacial score (nSPS) is 18.3. The van der Waals surface area contributed by atoms with Crippen LogP contribution in [0.3, 0.4) is 0 Å². The molecule has 1 aliphatic carbocycles. The van der Waals surface area contributed by atoms with Crippen molar-refractivity contribution in [3.63, 3.8) is 0 Å². The molecule has 0 bridgehead atoms. The van der Waals surface area contributed by atoms with Crippen LogP contribution in [0.1, 0.15) is 27.5 Å². The fraction of sp³-hybridized carbons (Fsp3) is 0.208. The van der Waals surface area contributed by atoms with E-state index >= 15 is 0 Å². The van der Waals surface area contributed by atoms with Crippen molar-refractivity contribution in [2.24, 2.45) is 5.92 Å². The minimum absolute atomic E-state index is 0.0908. The van der Waals surface area contributed by atoms with Gasteiger partial charge in [-0.3, -0.25) is 19.7 Å². The zero-order chi connectivity index (χ0) is 24.5. The molecule has 2 unspecified atom stereocenters. The first-order valence-corrected chi connectivity index (χ1v) is 10.8. The maximum atomic E-state index is 12.4. The lowest BCUT2D eigenvalue weighted by Crippen LogP contribution is -2.45. The molecule has 0 saturated carbocycles. The molecule has 1 saturated heterocycles. The standard InChI is InChI=1S/C24H20N4O7/c29-21(27-20-16(23(31)32)10-25-22(20)30)18-9-19(35-28-18)26-24(33)34-11-17-14-7-3-1-5-12(14)13-6-2-4-8-15(13)17/h1-9,16-17,20H,10-11H2,(H,25,30)(H,26,33)(H,27,29)(H,31,32). The summed E-state index contributed by atoms with van der Waals surface area (Å²) in [7, 11) is 0. The van der Waals surface area contributed by atoms with Crippen LogP contribution in [0.2, 0.25) is 0 Å². The molecule has 0 radical (unpaired) electrons. The third-order valence-electron chi connectivity index (χ3n) is 6.10. The van der Waals surface area contributed by atoms with Gasteiger partial charge in [0.25, 0.3) is 5.91 Å². The van der Waals surface area contributed by atoms with E-state index < -0.39 is 35.8 Å². The Morgan fingerprint density at radius 1 is 1.09 bits per heavy atom. The molecule has 178 valence electrons. The molecule has 0 spiro atoms. The number of carbonyl (C=O) groups is 4. The Morgan fingerprint density at radius 2 is 1.74 bits per heavy atom. The summed E-state index contributed by atoms with van der Waals surface area (Å²) in [6.45, 7) is 0.00122. The smallest absolute Gasteiger partial charge is 0.414 e. The van der Waals surface area contributed by atoms with Gasteiger partial charge in [-0.2, -0.15) is 0 Å². The van der Waals surface area contributed by atoms with Crippen molar-refractivity contribution >= 4 is 29.8 Å². The number of benzene rings is 2. The van der Waals surface area contributed by atoms with Crippen LogP contribution in [0.5, 0.6) is 0 Å². The molecule has 3 aromatic rings. The Morgan fingerprint density at radius 3 is 2.40 bits per heavy atom. The fourth-order valence-electron chi connectivity index (χ4n) is 4.41. The number of carbonyl (C=O) groups excluding carboxylic acids is 3. The fourth-order valence-corrected chi connectivity index (χ4v) is 4.41. The van der Waals surface area contributed by atoms with Crippen LogP contribution in [0.15, 0.2) is 59.1 Å². The van der Waals surface area contributed by atoms with Gasteiger partial charge in [-0.1, -0.05) is 53.7 Å². The third kappa shape index (κ3) is 4.19. The van der Waals surface area contributed by atoms with E-state index in [2.05, 4.69) is 21.1 Å². The lowest BCUT2D eigenvalue weighted by Gasteiger charge is -2.14. The molecule has 1 aromatic heterocycles. The number of fused-ring (bicyclic) bond motifs is 3. The number of ether oxygens (including phenoxy) is 1. The topological polar surface area (TPSA) is 160 Å². The van der Waals surface area contributed by atoms with Crippen LogP contribution in [-0.2, 0) is 14.3 Å². The molecule has 3 amide bonds. The first-order valence-electron chi connectivity index (χ1n) is 10.8. The maximum absolute atomic E-state index is 12.4.